The summed E-state index contributed by atoms with van der Waals surface area (Å²) >= 11 is 5.92. The van der Waals surface area contributed by atoms with Gasteiger partial charge in [-0.25, -0.2) is 5.10 Å². The first kappa shape index (κ1) is 17.3. The van der Waals surface area contributed by atoms with Gasteiger partial charge < -0.3 is 9.80 Å². The molecule has 1 N–H and O–H groups in total. The van der Waals surface area contributed by atoms with Crippen LogP contribution < -0.4 is 15.4 Å². The van der Waals surface area contributed by atoms with Gasteiger partial charge in [0.2, 0.25) is 5.91 Å². The van der Waals surface area contributed by atoms with Gasteiger partial charge in [-0.05, 0) is 18.2 Å². The number of alkyl halides is 3. The van der Waals surface area contributed by atoms with Crippen LogP contribution >= 0.6 is 11.6 Å². The minimum absolute atomic E-state index is 0.0877. The van der Waals surface area contributed by atoms with Gasteiger partial charge in [0, 0.05) is 18.8 Å². The highest BCUT2D eigenvalue weighted by Gasteiger charge is 2.32. The highest BCUT2D eigenvalue weighted by molar-refractivity contribution is 6.33. The molecule has 1 amide bonds. The lowest BCUT2D eigenvalue weighted by molar-refractivity contribution is -0.137. The molecule has 0 atom stereocenters. The van der Waals surface area contributed by atoms with Crippen molar-refractivity contribution in [3.05, 3.63) is 51.4 Å². The summed E-state index contributed by atoms with van der Waals surface area (Å²) in [7, 11) is 0. The van der Waals surface area contributed by atoms with Crippen LogP contribution in [0, 0.1) is 0 Å². The molecule has 25 heavy (non-hydrogen) atoms. The van der Waals surface area contributed by atoms with Gasteiger partial charge in [0.05, 0.1) is 24.0 Å². The Morgan fingerprint density at radius 3 is 2.64 bits per heavy atom. The first-order chi connectivity index (χ1) is 11.8. The average molecular weight is 373 g/mol. The van der Waals surface area contributed by atoms with E-state index in [-0.39, 0.29) is 23.8 Å². The Morgan fingerprint density at radius 2 is 1.96 bits per heavy atom. The smallest absolute Gasteiger partial charge is 0.358 e. The number of H-pyrrole nitrogens is 1. The summed E-state index contributed by atoms with van der Waals surface area (Å²) in [6, 6.07) is 4.60. The third-order valence-electron chi connectivity index (χ3n) is 3.82. The number of amides is 1. The summed E-state index contributed by atoms with van der Waals surface area (Å²) in [5.74, 6) is -0.401. The number of halogens is 4. The first-order valence-electron chi connectivity index (χ1n) is 7.23. The van der Waals surface area contributed by atoms with Gasteiger partial charge in [-0.2, -0.15) is 18.3 Å². The molecule has 0 saturated carbocycles. The number of piperazine rings is 1. The van der Waals surface area contributed by atoms with Crippen molar-refractivity contribution >= 4 is 28.9 Å². The minimum Gasteiger partial charge on any atom is -0.358 e. The Hall–Kier alpha value is -2.55. The standard InChI is InChI=1S/C15H12ClF3N4O2/c16-13-11(7-20-21-14(13)25)22-4-5-23(12(24)8-22)10-3-1-2-9(6-10)15(17,18)19/h1-3,6-7H,4-5,8H2,(H,21,25). The maximum atomic E-state index is 12.8. The van der Waals surface area contributed by atoms with Gasteiger partial charge in [0.15, 0.2) is 0 Å². The lowest BCUT2D eigenvalue weighted by atomic mass is 10.1. The number of benzene rings is 1. The van der Waals surface area contributed by atoms with Gasteiger partial charge in [-0.15, -0.1) is 0 Å². The predicted molar refractivity (Wildman–Crippen MR) is 85.9 cm³/mol. The molecule has 2 aromatic rings. The summed E-state index contributed by atoms with van der Waals surface area (Å²) in [6.45, 7) is 0.331. The second kappa shape index (κ2) is 6.40. The number of aromatic amines is 1. The van der Waals surface area contributed by atoms with Crippen molar-refractivity contribution in [2.75, 3.05) is 29.4 Å². The summed E-state index contributed by atoms with van der Waals surface area (Å²) in [6.07, 6.45) is -3.15. The van der Waals surface area contributed by atoms with Crippen LogP contribution in [0.3, 0.4) is 0 Å². The summed E-state index contributed by atoms with van der Waals surface area (Å²) in [5, 5.41) is 5.74. The van der Waals surface area contributed by atoms with Crippen LogP contribution in [0.25, 0.3) is 0 Å². The normalized spacial score (nSPS) is 15.6. The van der Waals surface area contributed by atoms with Gasteiger partial charge in [-0.3, -0.25) is 9.59 Å². The van der Waals surface area contributed by atoms with E-state index < -0.39 is 23.2 Å². The lowest BCUT2D eigenvalue weighted by Crippen LogP contribution is -2.51. The summed E-state index contributed by atoms with van der Waals surface area (Å²) < 4.78 is 38.5. The number of carbonyl (C=O) groups excluding carboxylic acids is 1. The maximum absolute atomic E-state index is 12.8. The molecule has 1 aliphatic heterocycles. The monoisotopic (exact) mass is 372 g/mol. The zero-order valence-electron chi connectivity index (χ0n) is 12.7. The number of anilines is 2. The van der Waals surface area contributed by atoms with Gasteiger partial charge in [0.25, 0.3) is 5.56 Å². The largest absolute Gasteiger partial charge is 0.416 e. The first-order valence-corrected chi connectivity index (χ1v) is 7.61. The Bertz CT molecular complexity index is 868. The SMILES string of the molecule is O=C1CN(c2cn[nH]c(=O)c2Cl)CCN1c1cccc(C(F)(F)F)c1. The van der Waals surface area contributed by atoms with Crippen molar-refractivity contribution in [2.45, 2.75) is 6.18 Å². The van der Waals surface area contributed by atoms with Crippen LogP contribution in [0.5, 0.6) is 0 Å². The van der Waals surface area contributed by atoms with E-state index in [1.165, 1.54) is 23.2 Å². The molecule has 0 unspecified atom stereocenters. The second-order valence-corrected chi connectivity index (χ2v) is 5.79. The van der Waals surface area contributed by atoms with E-state index in [0.29, 0.717) is 12.2 Å². The Balaban J connectivity index is 1.82. The molecule has 0 aliphatic carbocycles. The molecule has 3 rings (SSSR count). The zero-order chi connectivity index (χ0) is 18.2. The van der Waals surface area contributed by atoms with E-state index in [1.807, 2.05) is 0 Å². The van der Waals surface area contributed by atoms with Crippen LogP contribution in [0.2, 0.25) is 5.02 Å². The van der Waals surface area contributed by atoms with Crippen molar-refractivity contribution in [1.82, 2.24) is 10.2 Å². The summed E-state index contributed by atoms with van der Waals surface area (Å²) in [5.41, 5.74) is -0.911. The Labute approximate surface area is 144 Å². The fourth-order valence-corrected chi connectivity index (χ4v) is 2.81. The van der Waals surface area contributed by atoms with Crippen LogP contribution in [0.4, 0.5) is 24.5 Å². The molecule has 1 saturated heterocycles. The van der Waals surface area contributed by atoms with Crippen molar-refractivity contribution in [3.8, 4) is 0 Å². The number of rotatable bonds is 2. The molecule has 2 heterocycles. The van der Waals surface area contributed by atoms with Crippen molar-refractivity contribution in [1.29, 1.82) is 0 Å². The van der Waals surface area contributed by atoms with Gasteiger partial charge in [-0.1, -0.05) is 17.7 Å². The number of nitrogens with one attached hydrogen (secondary N) is 1. The van der Waals surface area contributed by atoms with Crippen molar-refractivity contribution in [3.63, 3.8) is 0 Å². The molecule has 10 heteroatoms. The van der Waals surface area contributed by atoms with Gasteiger partial charge >= 0.3 is 6.18 Å². The van der Waals surface area contributed by atoms with Crippen LogP contribution in [0.15, 0.2) is 35.3 Å². The van der Waals surface area contributed by atoms with Crippen molar-refractivity contribution < 1.29 is 18.0 Å². The number of carbonyl (C=O) groups is 1. The maximum Gasteiger partial charge on any atom is 0.416 e. The third-order valence-corrected chi connectivity index (χ3v) is 4.19. The predicted octanol–water partition coefficient (Wildman–Crippen LogP) is 2.30. The molecular weight excluding hydrogens is 361 g/mol. The van der Waals surface area contributed by atoms with Gasteiger partial charge in [0.1, 0.15) is 5.02 Å². The van der Waals surface area contributed by atoms with E-state index in [1.54, 1.807) is 4.90 Å². The topological polar surface area (TPSA) is 69.3 Å². The number of hydrogen-bond acceptors (Lipinski definition) is 4. The third kappa shape index (κ3) is 3.46. The van der Waals surface area contributed by atoms with E-state index in [4.69, 9.17) is 11.6 Å². The molecule has 0 spiro atoms. The molecule has 132 valence electrons. The van der Waals surface area contributed by atoms with Crippen LogP contribution in [0.1, 0.15) is 5.56 Å². The Kier molecular flexibility index (Phi) is 4.42. The highest BCUT2D eigenvalue weighted by atomic mass is 35.5. The zero-order valence-corrected chi connectivity index (χ0v) is 13.4. The van der Waals surface area contributed by atoms with Crippen LogP contribution in [-0.2, 0) is 11.0 Å². The number of nitrogens with zero attached hydrogens (tertiary/aromatic N) is 3. The number of aromatic nitrogens is 2. The average Bonchev–Trinajstić information content (AvgIpc) is 2.56. The molecule has 6 nitrogen and oxygen atoms in total. The molecular formula is C15H12ClF3N4O2. The van der Waals surface area contributed by atoms with E-state index in [2.05, 4.69) is 10.2 Å². The molecule has 0 radical (unpaired) electrons. The summed E-state index contributed by atoms with van der Waals surface area (Å²) in [4.78, 5) is 26.7. The lowest BCUT2D eigenvalue weighted by Gasteiger charge is -2.35. The Morgan fingerprint density at radius 1 is 1.20 bits per heavy atom. The molecule has 1 aliphatic rings. The molecule has 1 fully saturated rings. The van der Waals surface area contributed by atoms with E-state index >= 15 is 0 Å². The molecule has 1 aromatic heterocycles. The van der Waals surface area contributed by atoms with E-state index in [0.717, 1.165) is 12.1 Å². The molecule has 1 aromatic carbocycles. The minimum atomic E-state index is -4.48. The fraction of sp³-hybridized carbons (Fsp3) is 0.267. The highest BCUT2D eigenvalue weighted by Crippen LogP contribution is 2.32. The second-order valence-electron chi connectivity index (χ2n) is 5.41. The fourth-order valence-electron chi connectivity index (χ4n) is 2.60. The molecule has 0 bridgehead atoms. The quantitative estimate of drug-likeness (QED) is 0.878. The van der Waals surface area contributed by atoms with Crippen molar-refractivity contribution in [2.24, 2.45) is 0 Å². The van der Waals surface area contributed by atoms with E-state index in [9.17, 15) is 22.8 Å². The number of hydrogen-bond donors (Lipinski definition) is 1. The van der Waals surface area contributed by atoms with Crippen LogP contribution in [-0.4, -0.2) is 35.7 Å².